The van der Waals surface area contributed by atoms with Gasteiger partial charge in [0.1, 0.15) is 5.78 Å². The Kier molecular flexibility index (Phi) is 4.93. The van der Waals surface area contributed by atoms with Gasteiger partial charge in [-0.1, -0.05) is 17.7 Å². The summed E-state index contributed by atoms with van der Waals surface area (Å²) in [6.45, 7) is 0. The maximum absolute atomic E-state index is 11.3. The van der Waals surface area contributed by atoms with Gasteiger partial charge in [0.25, 0.3) is 0 Å². The second-order valence-corrected chi connectivity index (χ2v) is 4.54. The zero-order chi connectivity index (χ0) is 10.6. The second kappa shape index (κ2) is 5.74. The second-order valence-electron chi connectivity index (χ2n) is 2.90. The highest BCUT2D eigenvalue weighted by Crippen LogP contribution is 2.23. The third-order valence-corrected chi connectivity index (χ3v) is 3.16. The van der Waals surface area contributed by atoms with Crippen molar-refractivity contribution in [2.24, 2.45) is 0 Å². The SMILES string of the molecule is O=C(CCCl)Cc1ccc(Cl)c(Br)c1. The molecule has 4 heteroatoms. The van der Waals surface area contributed by atoms with E-state index in [0.29, 0.717) is 23.7 Å². The van der Waals surface area contributed by atoms with Crippen LogP contribution in [-0.4, -0.2) is 11.7 Å². The molecule has 1 aromatic rings. The van der Waals surface area contributed by atoms with Crippen molar-refractivity contribution in [1.29, 1.82) is 0 Å². The Hall–Kier alpha value is -0.0500. The van der Waals surface area contributed by atoms with E-state index in [1.165, 1.54) is 0 Å². The number of hydrogen-bond donors (Lipinski definition) is 0. The van der Waals surface area contributed by atoms with Crippen LogP contribution in [0, 0.1) is 0 Å². The van der Waals surface area contributed by atoms with E-state index >= 15 is 0 Å². The van der Waals surface area contributed by atoms with Gasteiger partial charge in [-0.3, -0.25) is 4.79 Å². The lowest BCUT2D eigenvalue weighted by Crippen LogP contribution is -2.02. The van der Waals surface area contributed by atoms with E-state index in [2.05, 4.69) is 15.9 Å². The van der Waals surface area contributed by atoms with Crippen molar-refractivity contribution in [1.82, 2.24) is 0 Å². The zero-order valence-electron chi connectivity index (χ0n) is 7.40. The number of benzene rings is 1. The van der Waals surface area contributed by atoms with Gasteiger partial charge in [-0.15, -0.1) is 11.6 Å². The molecule has 0 saturated carbocycles. The molecule has 0 aliphatic heterocycles. The Morgan fingerprint density at radius 2 is 2.14 bits per heavy atom. The maximum Gasteiger partial charge on any atom is 0.138 e. The first-order chi connectivity index (χ1) is 6.63. The quantitative estimate of drug-likeness (QED) is 0.771. The number of ketones is 1. The summed E-state index contributed by atoms with van der Waals surface area (Å²) in [5.41, 5.74) is 0.955. The van der Waals surface area contributed by atoms with Crippen LogP contribution in [0.3, 0.4) is 0 Å². The molecule has 0 amide bonds. The van der Waals surface area contributed by atoms with Crippen LogP contribution < -0.4 is 0 Å². The first-order valence-electron chi connectivity index (χ1n) is 4.15. The van der Waals surface area contributed by atoms with Crippen LogP contribution in [-0.2, 0) is 11.2 Å². The molecule has 1 nitrogen and oxygen atoms in total. The minimum atomic E-state index is 0.147. The van der Waals surface area contributed by atoms with Gasteiger partial charge in [0.05, 0.1) is 5.02 Å². The van der Waals surface area contributed by atoms with Crippen LogP contribution in [0.2, 0.25) is 5.02 Å². The molecule has 0 aliphatic rings. The number of rotatable bonds is 4. The molecule has 0 aromatic heterocycles. The van der Waals surface area contributed by atoms with E-state index in [-0.39, 0.29) is 5.78 Å². The lowest BCUT2D eigenvalue weighted by Gasteiger charge is -2.01. The Labute approximate surface area is 102 Å². The Morgan fingerprint density at radius 1 is 1.43 bits per heavy atom. The van der Waals surface area contributed by atoms with Crippen molar-refractivity contribution in [3.8, 4) is 0 Å². The third kappa shape index (κ3) is 3.60. The number of hydrogen-bond acceptors (Lipinski definition) is 1. The fourth-order valence-corrected chi connectivity index (χ4v) is 1.83. The number of carbonyl (C=O) groups excluding carboxylic acids is 1. The molecule has 76 valence electrons. The Morgan fingerprint density at radius 3 is 2.71 bits per heavy atom. The molecule has 0 spiro atoms. The molecule has 0 N–H and O–H groups in total. The Bertz CT molecular complexity index is 339. The van der Waals surface area contributed by atoms with Crippen molar-refractivity contribution < 1.29 is 4.79 Å². The standard InChI is InChI=1S/C10H9BrCl2O/c11-9-6-7(1-2-10(9)13)5-8(14)3-4-12/h1-2,6H,3-5H2. The summed E-state index contributed by atoms with van der Waals surface area (Å²) in [6, 6.07) is 5.47. The molecule has 0 heterocycles. The van der Waals surface area contributed by atoms with E-state index in [9.17, 15) is 4.79 Å². The van der Waals surface area contributed by atoms with Gasteiger partial charge in [0.15, 0.2) is 0 Å². The number of alkyl halides is 1. The average Bonchev–Trinajstić information content (AvgIpc) is 2.12. The van der Waals surface area contributed by atoms with Crippen LogP contribution in [0.15, 0.2) is 22.7 Å². The predicted molar refractivity (Wildman–Crippen MR) is 63.2 cm³/mol. The molecule has 1 aromatic carbocycles. The summed E-state index contributed by atoms with van der Waals surface area (Å²) in [5, 5.41) is 0.651. The third-order valence-electron chi connectivity index (χ3n) is 1.76. The smallest absolute Gasteiger partial charge is 0.138 e. The molecule has 1 rings (SSSR count). The van der Waals surface area contributed by atoms with Gasteiger partial charge in [-0.25, -0.2) is 0 Å². The van der Waals surface area contributed by atoms with E-state index in [4.69, 9.17) is 23.2 Å². The van der Waals surface area contributed by atoms with Crippen LogP contribution in [0.4, 0.5) is 0 Å². The Balaban J connectivity index is 2.68. The summed E-state index contributed by atoms with van der Waals surface area (Å²) in [4.78, 5) is 11.3. The molecule has 0 bridgehead atoms. The van der Waals surface area contributed by atoms with Crippen molar-refractivity contribution in [3.05, 3.63) is 33.3 Å². The first-order valence-corrected chi connectivity index (χ1v) is 5.85. The lowest BCUT2D eigenvalue weighted by molar-refractivity contribution is -0.118. The van der Waals surface area contributed by atoms with Gasteiger partial charge in [0.2, 0.25) is 0 Å². The van der Waals surface area contributed by atoms with E-state index < -0.39 is 0 Å². The van der Waals surface area contributed by atoms with Crippen molar-refractivity contribution in [2.75, 3.05) is 5.88 Å². The summed E-state index contributed by atoms with van der Waals surface area (Å²) in [5.74, 6) is 0.530. The fourth-order valence-electron chi connectivity index (χ4n) is 1.07. The summed E-state index contributed by atoms with van der Waals surface area (Å²) in [6.07, 6.45) is 0.838. The monoisotopic (exact) mass is 294 g/mol. The topological polar surface area (TPSA) is 17.1 Å². The molecular weight excluding hydrogens is 287 g/mol. The molecule has 0 saturated heterocycles. The van der Waals surface area contributed by atoms with E-state index in [1.807, 2.05) is 12.1 Å². The van der Waals surface area contributed by atoms with Crippen molar-refractivity contribution in [2.45, 2.75) is 12.8 Å². The molecule has 0 radical (unpaired) electrons. The van der Waals surface area contributed by atoms with Crippen LogP contribution in [0.5, 0.6) is 0 Å². The fraction of sp³-hybridized carbons (Fsp3) is 0.300. The molecule has 0 unspecified atom stereocenters. The predicted octanol–water partition coefficient (Wildman–Crippen LogP) is 3.84. The highest BCUT2D eigenvalue weighted by Gasteiger charge is 2.04. The number of carbonyl (C=O) groups is 1. The molecule has 0 aliphatic carbocycles. The van der Waals surface area contributed by atoms with E-state index in [0.717, 1.165) is 10.0 Å². The lowest BCUT2D eigenvalue weighted by atomic mass is 10.1. The molecule has 0 atom stereocenters. The molecular formula is C10H9BrCl2O. The maximum atomic E-state index is 11.3. The van der Waals surface area contributed by atoms with Gasteiger partial charge in [-0.05, 0) is 33.6 Å². The van der Waals surface area contributed by atoms with E-state index in [1.54, 1.807) is 6.07 Å². The zero-order valence-corrected chi connectivity index (χ0v) is 10.5. The van der Waals surface area contributed by atoms with Crippen LogP contribution >= 0.6 is 39.1 Å². The van der Waals surface area contributed by atoms with Crippen molar-refractivity contribution >= 4 is 44.9 Å². The summed E-state index contributed by atoms with van der Waals surface area (Å²) < 4.78 is 0.815. The van der Waals surface area contributed by atoms with Crippen LogP contribution in [0.25, 0.3) is 0 Å². The largest absolute Gasteiger partial charge is 0.299 e. The van der Waals surface area contributed by atoms with Gasteiger partial charge < -0.3 is 0 Å². The molecule has 14 heavy (non-hydrogen) atoms. The highest BCUT2D eigenvalue weighted by atomic mass is 79.9. The normalized spacial score (nSPS) is 10.2. The first kappa shape index (κ1) is 12.0. The average molecular weight is 296 g/mol. The van der Waals surface area contributed by atoms with Crippen LogP contribution in [0.1, 0.15) is 12.0 Å². The van der Waals surface area contributed by atoms with Gasteiger partial charge in [-0.2, -0.15) is 0 Å². The molecule has 0 fully saturated rings. The minimum Gasteiger partial charge on any atom is -0.299 e. The number of halogens is 3. The minimum absolute atomic E-state index is 0.147. The van der Waals surface area contributed by atoms with Gasteiger partial charge >= 0.3 is 0 Å². The summed E-state index contributed by atoms with van der Waals surface area (Å²) in [7, 11) is 0. The summed E-state index contributed by atoms with van der Waals surface area (Å²) >= 11 is 14.6. The van der Waals surface area contributed by atoms with Crippen molar-refractivity contribution in [3.63, 3.8) is 0 Å². The highest BCUT2D eigenvalue weighted by molar-refractivity contribution is 9.10. The van der Waals surface area contributed by atoms with Gasteiger partial charge in [0, 0.05) is 23.2 Å². The number of Topliss-reactive ketones (excluding diaryl/α,β-unsaturated/α-hetero) is 1.